The third-order valence-corrected chi connectivity index (χ3v) is 4.77. The van der Waals surface area contributed by atoms with E-state index in [1.807, 2.05) is 0 Å². The fraction of sp³-hybridized carbons (Fsp3) is 1.00. The molecule has 0 amide bonds. The van der Waals surface area contributed by atoms with Gasteiger partial charge in [0.05, 0.1) is 18.5 Å². The Morgan fingerprint density at radius 2 is 1.33 bits per heavy atom. The largest absolute Gasteiger partial charge is 0.790 e. The predicted molar refractivity (Wildman–Crippen MR) is 59.3 cm³/mol. The molecule has 1 N–H and O–H groups in total. The van der Waals surface area contributed by atoms with Crippen LogP contribution in [-0.4, -0.2) is 36.0 Å². The number of aliphatic hydroxyl groups excluding tert-OH is 1. The van der Waals surface area contributed by atoms with Crippen LogP contribution in [0.2, 0.25) is 0 Å². The first-order chi connectivity index (χ1) is 5.26. The molecule has 0 aromatic carbocycles. The summed E-state index contributed by atoms with van der Waals surface area (Å²) in [6.45, 7) is 7.05. The first-order valence-corrected chi connectivity index (χ1v) is 6.99. The Morgan fingerprint density at radius 3 is 1.33 bits per heavy atom. The van der Waals surface area contributed by atoms with E-state index in [9.17, 15) is 0 Å². The van der Waals surface area contributed by atoms with Gasteiger partial charge in [0.2, 0.25) is 0 Å². The van der Waals surface area contributed by atoms with Crippen LogP contribution in [0.3, 0.4) is 0 Å². The molecule has 0 fully saturated rings. The molecule has 0 aliphatic rings. The molecule has 0 atom stereocenters. The first kappa shape index (κ1) is 19.1. The Kier molecular flexibility index (Phi) is 29.2. The smallest absolute Gasteiger partial charge is 0.0543 e. The van der Waals surface area contributed by atoms with Crippen LogP contribution in [-0.2, 0) is 35.0 Å². The zero-order valence-electron chi connectivity index (χ0n) is 8.19. The van der Waals surface area contributed by atoms with Crippen LogP contribution in [0.15, 0.2) is 0 Å². The van der Waals surface area contributed by atoms with E-state index in [4.69, 9.17) is 5.11 Å². The molecule has 0 saturated heterocycles. The van der Waals surface area contributed by atoms with Crippen molar-refractivity contribution in [2.45, 2.75) is 20.8 Å². The molecule has 0 rings (SSSR count). The van der Waals surface area contributed by atoms with E-state index in [2.05, 4.69) is 33.4 Å². The van der Waals surface area contributed by atoms with E-state index in [0.717, 1.165) is 0 Å². The summed E-state index contributed by atoms with van der Waals surface area (Å²) in [5.74, 6) is 0.458. The predicted octanol–water partition coefficient (Wildman–Crippen LogP) is 1.78. The molecule has 0 spiro atoms. The van der Waals surface area contributed by atoms with Crippen molar-refractivity contribution in [3.63, 3.8) is 0 Å². The van der Waals surface area contributed by atoms with Crippen molar-refractivity contribution in [2.24, 2.45) is 0 Å². The van der Waals surface area contributed by atoms with Gasteiger partial charge in [0, 0.05) is 29.0 Å². The van der Waals surface area contributed by atoms with E-state index in [1.165, 1.54) is 18.5 Å². The van der Waals surface area contributed by atoms with Gasteiger partial charge in [-0.25, -0.2) is 0 Å². The Hall–Kier alpha value is 1.48. The van der Waals surface area contributed by atoms with Crippen molar-refractivity contribution in [1.82, 2.24) is 0 Å². The van der Waals surface area contributed by atoms with Gasteiger partial charge in [0.15, 0.2) is 0 Å². The molecule has 0 aromatic heterocycles. The molecule has 0 bridgehead atoms. The third kappa shape index (κ3) is 17.5. The van der Waals surface area contributed by atoms with Gasteiger partial charge in [-0.15, -0.1) is 0 Å². The van der Waals surface area contributed by atoms with Crippen LogP contribution in [0.5, 0.6) is 0 Å². The van der Waals surface area contributed by atoms with Gasteiger partial charge in [-0.1, -0.05) is 0 Å². The molecule has 0 aliphatic heterocycles. The van der Waals surface area contributed by atoms with Crippen molar-refractivity contribution >= 4 is 20.6 Å². The first-order valence-electron chi connectivity index (χ1n) is 4.29. The van der Waals surface area contributed by atoms with Gasteiger partial charge in [-0.2, -0.15) is 5.75 Å². The molecule has 0 aromatic rings. The molecule has 0 unspecified atom stereocenters. The molecular weight excluding hydrogens is 372 g/mol. The molecule has 1 nitrogen and oxygen atoms in total. The second kappa shape index (κ2) is 18.3. The maximum absolute atomic E-state index is 7.77. The molecule has 81 valence electrons. The standard InChI is InChI=1S/C6H15P.C2H6OS.Au/c1-4-7(5-2)6-3;3-1-2-4;/h4-6H2,1-3H3;3-4H,1-2H2;. The average Bonchev–Trinajstić information content (AvgIpc) is 2.08. The van der Waals surface area contributed by atoms with Crippen LogP contribution >= 0.6 is 7.92 Å². The summed E-state index contributed by atoms with van der Waals surface area (Å²) < 4.78 is 0. The minimum Gasteiger partial charge on any atom is -0.790 e. The van der Waals surface area contributed by atoms with Crippen LogP contribution in [0.1, 0.15) is 20.8 Å². The quantitative estimate of drug-likeness (QED) is 0.447. The summed E-state index contributed by atoms with van der Waals surface area (Å²) in [5.41, 5.74) is 0. The summed E-state index contributed by atoms with van der Waals surface area (Å²) in [6, 6.07) is 0. The molecule has 12 heavy (non-hydrogen) atoms. The molecule has 0 saturated carbocycles. The van der Waals surface area contributed by atoms with Crippen molar-refractivity contribution in [3.05, 3.63) is 0 Å². The van der Waals surface area contributed by atoms with Gasteiger partial charge in [-0.3, -0.25) is 0 Å². The minimum atomic E-state index is 0. The Bertz CT molecular complexity index is 55.5. The van der Waals surface area contributed by atoms with Crippen molar-refractivity contribution < 1.29 is 27.5 Å². The van der Waals surface area contributed by atoms with Gasteiger partial charge >= 0.3 is 0 Å². The van der Waals surface area contributed by atoms with Crippen LogP contribution < -0.4 is 0 Å². The van der Waals surface area contributed by atoms with E-state index in [-0.39, 0.29) is 36.9 Å². The van der Waals surface area contributed by atoms with E-state index < -0.39 is 0 Å². The third-order valence-electron chi connectivity index (χ3n) is 1.59. The SMILES string of the molecule is CC[PH+](CC)CC.OCC[S-].[Au]. The van der Waals surface area contributed by atoms with Crippen molar-refractivity contribution in [2.75, 3.05) is 30.8 Å². The van der Waals surface area contributed by atoms with Crippen LogP contribution in [0.4, 0.5) is 0 Å². The fourth-order valence-electron chi connectivity index (χ4n) is 0.750. The molecule has 1 radical (unpaired) electrons. The van der Waals surface area contributed by atoms with Gasteiger partial charge < -0.3 is 17.7 Å². The molecule has 0 heterocycles. The minimum absolute atomic E-state index is 0. The number of rotatable bonds is 4. The second-order valence-corrected chi connectivity index (χ2v) is 6.27. The van der Waals surface area contributed by atoms with Crippen LogP contribution in [0, 0.1) is 0 Å². The molecule has 4 heteroatoms. The van der Waals surface area contributed by atoms with E-state index in [0.29, 0.717) is 5.75 Å². The maximum Gasteiger partial charge on any atom is 0.0543 e. The maximum atomic E-state index is 7.77. The Balaban J connectivity index is -0.000000142. The topological polar surface area (TPSA) is 20.2 Å². The Labute approximate surface area is 99.4 Å². The fourth-order valence-corrected chi connectivity index (χ4v) is 2.25. The van der Waals surface area contributed by atoms with E-state index >= 15 is 0 Å². The summed E-state index contributed by atoms with van der Waals surface area (Å²) in [5, 5.41) is 7.77. The zero-order chi connectivity index (χ0) is 9.11. The number of hydrogen-bond acceptors (Lipinski definition) is 2. The van der Waals surface area contributed by atoms with E-state index in [1.54, 1.807) is 0 Å². The molecule has 0 aliphatic carbocycles. The van der Waals surface area contributed by atoms with Crippen LogP contribution in [0.25, 0.3) is 0 Å². The van der Waals surface area contributed by atoms with Gasteiger partial charge in [-0.05, 0) is 28.7 Å². The summed E-state index contributed by atoms with van der Waals surface area (Å²) in [6.07, 6.45) is 4.37. The monoisotopic (exact) mass is 393 g/mol. The summed E-state index contributed by atoms with van der Waals surface area (Å²) in [7, 11) is 0.137. The van der Waals surface area contributed by atoms with Crippen molar-refractivity contribution in [1.29, 1.82) is 0 Å². The number of hydrogen-bond donors (Lipinski definition) is 1. The Morgan fingerprint density at radius 1 is 1.08 bits per heavy atom. The molecular formula is C8H21AuOPS. The van der Waals surface area contributed by atoms with Gasteiger partial charge in [0.1, 0.15) is 0 Å². The normalized spacial score (nSPS) is 8.50. The van der Waals surface area contributed by atoms with Gasteiger partial charge in [0.25, 0.3) is 0 Å². The zero-order valence-corrected chi connectivity index (χ0v) is 12.2. The summed E-state index contributed by atoms with van der Waals surface area (Å²) in [4.78, 5) is 0. The average molecular weight is 393 g/mol. The second-order valence-electron chi connectivity index (χ2n) is 2.24. The number of aliphatic hydroxyl groups is 1. The summed E-state index contributed by atoms with van der Waals surface area (Å²) >= 11 is 4.30. The van der Waals surface area contributed by atoms with Crippen molar-refractivity contribution in [3.8, 4) is 0 Å².